The Labute approximate surface area is 164 Å². The van der Waals surface area contributed by atoms with E-state index in [2.05, 4.69) is 14.9 Å². The number of hydrogen-bond donors (Lipinski definition) is 1. The number of aromatic nitrogens is 2. The molecule has 0 aliphatic heterocycles. The maximum atomic E-state index is 12.6. The van der Waals surface area contributed by atoms with Crippen LogP contribution in [-0.2, 0) is 10.0 Å². The molecule has 0 radical (unpaired) electrons. The van der Waals surface area contributed by atoms with Crippen LogP contribution in [-0.4, -0.2) is 23.5 Å². The minimum Gasteiger partial charge on any atom is -0.459 e. The van der Waals surface area contributed by atoms with Crippen molar-refractivity contribution in [3.8, 4) is 23.1 Å². The summed E-state index contributed by atoms with van der Waals surface area (Å²) in [7, 11) is -4.03. The maximum absolute atomic E-state index is 12.6. The third kappa shape index (κ3) is 3.84. The van der Waals surface area contributed by atoms with Crippen molar-refractivity contribution in [1.29, 1.82) is 0 Å². The van der Waals surface area contributed by atoms with E-state index in [9.17, 15) is 18.5 Å². The molecule has 146 valence electrons. The third-order valence-electron chi connectivity index (χ3n) is 3.86. The Hall–Kier alpha value is -3.99. The second-order valence-corrected chi connectivity index (χ2v) is 7.51. The SMILES string of the molecule is O=[N+]([O-])c1cccc(S(=O)(=O)Nc2cccc(-c3nnc(-c4ccco4)o3)c2)c1. The highest BCUT2D eigenvalue weighted by Gasteiger charge is 2.19. The second-order valence-electron chi connectivity index (χ2n) is 5.83. The number of nitrogens with zero attached hydrogens (tertiary/aromatic N) is 3. The predicted octanol–water partition coefficient (Wildman–Crippen LogP) is 3.71. The number of furan rings is 1. The smallest absolute Gasteiger partial charge is 0.283 e. The van der Waals surface area contributed by atoms with Crippen LogP contribution in [0, 0.1) is 10.1 Å². The second kappa shape index (κ2) is 7.20. The van der Waals surface area contributed by atoms with Gasteiger partial charge in [0.1, 0.15) is 0 Å². The number of anilines is 1. The number of nitro benzene ring substituents is 1. The van der Waals surface area contributed by atoms with E-state index in [0.29, 0.717) is 11.3 Å². The highest BCUT2D eigenvalue weighted by Crippen LogP contribution is 2.27. The molecule has 0 saturated carbocycles. The Bertz CT molecular complexity index is 1280. The molecule has 10 nitrogen and oxygen atoms in total. The molecule has 29 heavy (non-hydrogen) atoms. The van der Waals surface area contributed by atoms with E-state index >= 15 is 0 Å². The fourth-order valence-corrected chi connectivity index (χ4v) is 3.62. The number of benzene rings is 2. The Kier molecular flexibility index (Phi) is 4.56. The Morgan fingerprint density at radius 1 is 0.966 bits per heavy atom. The summed E-state index contributed by atoms with van der Waals surface area (Å²) in [4.78, 5) is 10.00. The fourth-order valence-electron chi connectivity index (χ4n) is 2.53. The quantitative estimate of drug-likeness (QED) is 0.373. The van der Waals surface area contributed by atoms with E-state index in [-0.39, 0.29) is 28.1 Å². The van der Waals surface area contributed by atoms with Crippen molar-refractivity contribution in [2.24, 2.45) is 0 Å². The molecule has 11 heteroatoms. The van der Waals surface area contributed by atoms with Gasteiger partial charge in [0.15, 0.2) is 5.76 Å². The first-order chi connectivity index (χ1) is 13.9. The van der Waals surface area contributed by atoms with Crippen molar-refractivity contribution in [3.63, 3.8) is 0 Å². The minimum atomic E-state index is -4.03. The lowest BCUT2D eigenvalue weighted by Gasteiger charge is -2.08. The maximum Gasteiger partial charge on any atom is 0.283 e. The van der Waals surface area contributed by atoms with E-state index in [1.165, 1.54) is 36.6 Å². The van der Waals surface area contributed by atoms with Crippen molar-refractivity contribution >= 4 is 21.4 Å². The zero-order valence-electron chi connectivity index (χ0n) is 14.6. The van der Waals surface area contributed by atoms with Gasteiger partial charge in [-0.25, -0.2) is 8.42 Å². The standard InChI is InChI=1S/C18H12N4O6S/c23-22(24)14-6-2-7-15(11-14)29(25,26)21-13-5-1-4-12(10-13)17-19-20-18(28-17)16-8-3-9-27-16/h1-11,21H. The molecule has 0 fully saturated rings. The van der Waals surface area contributed by atoms with Crippen LogP contribution in [0.5, 0.6) is 0 Å². The topological polar surface area (TPSA) is 141 Å². The van der Waals surface area contributed by atoms with Gasteiger partial charge in [-0.05, 0) is 36.4 Å². The summed E-state index contributed by atoms with van der Waals surface area (Å²) in [5, 5.41) is 18.7. The van der Waals surface area contributed by atoms with Crippen molar-refractivity contribution in [2.75, 3.05) is 4.72 Å². The number of nitrogens with one attached hydrogen (secondary N) is 1. The van der Waals surface area contributed by atoms with E-state index < -0.39 is 14.9 Å². The van der Waals surface area contributed by atoms with Gasteiger partial charge >= 0.3 is 0 Å². The summed E-state index contributed by atoms with van der Waals surface area (Å²) >= 11 is 0. The number of non-ortho nitro benzene ring substituents is 1. The van der Waals surface area contributed by atoms with Gasteiger partial charge in [-0.1, -0.05) is 12.1 Å². The molecule has 2 heterocycles. The molecule has 2 aromatic heterocycles. The summed E-state index contributed by atoms with van der Waals surface area (Å²) in [6.45, 7) is 0. The average Bonchev–Trinajstić information content (AvgIpc) is 3.40. The van der Waals surface area contributed by atoms with Crippen LogP contribution in [0.2, 0.25) is 0 Å². The highest BCUT2D eigenvalue weighted by atomic mass is 32.2. The fraction of sp³-hybridized carbons (Fsp3) is 0. The number of sulfonamides is 1. The van der Waals surface area contributed by atoms with E-state index in [1.54, 1.807) is 24.3 Å². The first-order valence-corrected chi connectivity index (χ1v) is 9.66. The number of rotatable bonds is 6. The Balaban J connectivity index is 1.61. The number of hydrogen-bond acceptors (Lipinski definition) is 8. The summed E-state index contributed by atoms with van der Waals surface area (Å²) < 4.78 is 38.3. The van der Waals surface area contributed by atoms with Gasteiger partial charge in [-0.2, -0.15) is 0 Å². The van der Waals surface area contributed by atoms with Gasteiger partial charge < -0.3 is 8.83 Å². The van der Waals surface area contributed by atoms with Crippen LogP contribution in [0.3, 0.4) is 0 Å². The normalized spacial score (nSPS) is 11.3. The molecule has 0 aliphatic rings. The molecule has 0 spiro atoms. The van der Waals surface area contributed by atoms with Crippen LogP contribution >= 0.6 is 0 Å². The van der Waals surface area contributed by atoms with Crippen LogP contribution in [0.4, 0.5) is 11.4 Å². The highest BCUT2D eigenvalue weighted by molar-refractivity contribution is 7.92. The summed E-state index contributed by atoms with van der Waals surface area (Å²) in [5.74, 6) is 0.770. The predicted molar refractivity (Wildman–Crippen MR) is 101 cm³/mol. The molecule has 0 aliphatic carbocycles. The molecular formula is C18H12N4O6S. The van der Waals surface area contributed by atoms with Gasteiger partial charge in [-0.3, -0.25) is 14.8 Å². The van der Waals surface area contributed by atoms with Crippen molar-refractivity contribution in [3.05, 3.63) is 77.0 Å². The lowest BCUT2D eigenvalue weighted by Crippen LogP contribution is -2.13. The number of nitro groups is 1. The third-order valence-corrected chi connectivity index (χ3v) is 5.24. The molecule has 4 aromatic rings. The monoisotopic (exact) mass is 412 g/mol. The first-order valence-electron chi connectivity index (χ1n) is 8.17. The summed E-state index contributed by atoms with van der Waals surface area (Å²) in [6, 6.07) is 14.4. The Morgan fingerprint density at radius 3 is 2.52 bits per heavy atom. The van der Waals surface area contributed by atoms with E-state index in [4.69, 9.17) is 8.83 Å². The minimum absolute atomic E-state index is 0.174. The van der Waals surface area contributed by atoms with Crippen molar-refractivity contribution in [2.45, 2.75) is 4.90 Å². The average molecular weight is 412 g/mol. The first kappa shape index (κ1) is 18.4. The van der Waals surface area contributed by atoms with Gasteiger partial charge in [0.05, 0.1) is 16.1 Å². The van der Waals surface area contributed by atoms with E-state index in [1.807, 2.05) is 0 Å². The van der Waals surface area contributed by atoms with Gasteiger partial charge in [0, 0.05) is 23.4 Å². The lowest BCUT2D eigenvalue weighted by atomic mass is 10.2. The molecule has 0 bridgehead atoms. The molecule has 0 unspecified atom stereocenters. The van der Waals surface area contributed by atoms with Crippen LogP contribution < -0.4 is 4.72 Å². The lowest BCUT2D eigenvalue weighted by molar-refractivity contribution is -0.385. The van der Waals surface area contributed by atoms with Crippen LogP contribution in [0.15, 0.2) is 80.7 Å². The molecular weight excluding hydrogens is 400 g/mol. The van der Waals surface area contributed by atoms with Crippen LogP contribution in [0.1, 0.15) is 0 Å². The largest absolute Gasteiger partial charge is 0.459 e. The molecule has 1 N–H and O–H groups in total. The van der Waals surface area contributed by atoms with Gasteiger partial charge in [-0.15, -0.1) is 10.2 Å². The Morgan fingerprint density at radius 2 is 1.76 bits per heavy atom. The summed E-state index contributed by atoms with van der Waals surface area (Å²) in [6.07, 6.45) is 1.47. The van der Waals surface area contributed by atoms with Crippen molar-refractivity contribution in [1.82, 2.24) is 10.2 Å². The molecule has 2 aromatic carbocycles. The summed E-state index contributed by atoms with van der Waals surface area (Å²) in [5.41, 5.74) is 0.388. The van der Waals surface area contributed by atoms with Gasteiger partial charge in [0.2, 0.25) is 5.89 Å². The van der Waals surface area contributed by atoms with Crippen LogP contribution in [0.25, 0.3) is 23.1 Å². The zero-order chi connectivity index (χ0) is 20.4. The zero-order valence-corrected chi connectivity index (χ0v) is 15.4. The molecule has 4 rings (SSSR count). The van der Waals surface area contributed by atoms with E-state index in [0.717, 1.165) is 6.07 Å². The van der Waals surface area contributed by atoms with Gasteiger partial charge in [0.25, 0.3) is 21.6 Å². The molecule has 0 atom stereocenters. The molecule has 0 amide bonds. The van der Waals surface area contributed by atoms with Crippen molar-refractivity contribution < 1.29 is 22.2 Å². The molecule has 0 saturated heterocycles.